The van der Waals surface area contributed by atoms with Crippen LogP contribution >= 0.6 is 0 Å². The summed E-state index contributed by atoms with van der Waals surface area (Å²) in [6, 6.07) is 7.23. The van der Waals surface area contributed by atoms with Gasteiger partial charge in [-0.15, -0.1) is 0 Å². The van der Waals surface area contributed by atoms with E-state index >= 15 is 0 Å². The second kappa shape index (κ2) is 8.79. The Morgan fingerprint density at radius 3 is 2.91 bits per heavy atom. The number of rotatable bonds is 8. The van der Waals surface area contributed by atoms with Crippen molar-refractivity contribution >= 4 is 11.9 Å². The maximum absolute atomic E-state index is 12.2. The molecule has 7 heteroatoms. The molecule has 122 valence electrons. The Labute approximate surface area is 135 Å². The van der Waals surface area contributed by atoms with E-state index < -0.39 is 0 Å². The zero-order valence-electron chi connectivity index (χ0n) is 13.4. The van der Waals surface area contributed by atoms with Crippen LogP contribution in [0.4, 0.5) is 5.95 Å². The highest BCUT2D eigenvalue weighted by Gasteiger charge is 2.10. The van der Waals surface area contributed by atoms with Crippen LogP contribution in [-0.4, -0.2) is 41.1 Å². The Morgan fingerprint density at radius 2 is 2.17 bits per heavy atom. The summed E-state index contributed by atoms with van der Waals surface area (Å²) in [6.45, 7) is 3.54. The molecule has 0 unspecified atom stereocenters. The maximum atomic E-state index is 12.2. The van der Waals surface area contributed by atoms with Crippen molar-refractivity contribution < 1.29 is 9.53 Å². The third-order valence-corrected chi connectivity index (χ3v) is 3.05. The van der Waals surface area contributed by atoms with Gasteiger partial charge in [0.1, 0.15) is 5.69 Å². The molecule has 0 bridgehead atoms. The predicted molar refractivity (Wildman–Crippen MR) is 87.2 cm³/mol. The second-order valence-corrected chi connectivity index (χ2v) is 5.00. The molecule has 0 aliphatic heterocycles. The molecule has 0 fully saturated rings. The van der Waals surface area contributed by atoms with Crippen LogP contribution in [0.15, 0.2) is 30.5 Å². The number of aryl methyl sites for hydroxylation is 1. The zero-order chi connectivity index (χ0) is 16.5. The number of hydrogen-bond acceptors (Lipinski definition) is 6. The normalized spacial score (nSPS) is 10.3. The van der Waals surface area contributed by atoms with Gasteiger partial charge in [0.15, 0.2) is 0 Å². The van der Waals surface area contributed by atoms with Crippen LogP contribution in [0.3, 0.4) is 0 Å². The number of methoxy groups -OCH3 is 1. The standard InChI is InChI=1S/C16H21N5O2/c1-12-10-14(21-16(20-12)18-8-5-9-23-2)15(22)19-11-13-6-3-4-7-17-13/h3-4,6-7,10H,5,8-9,11H2,1-2H3,(H,19,22)(H,18,20,21). The van der Waals surface area contributed by atoms with E-state index in [0.29, 0.717) is 31.3 Å². The largest absolute Gasteiger partial charge is 0.385 e. The molecule has 0 saturated carbocycles. The summed E-state index contributed by atoms with van der Waals surface area (Å²) in [7, 11) is 1.66. The highest BCUT2D eigenvalue weighted by molar-refractivity contribution is 5.92. The van der Waals surface area contributed by atoms with Gasteiger partial charge >= 0.3 is 0 Å². The van der Waals surface area contributed by atoms with Gasteiger partial charge in [-0.2, -0.15) is 0 Å². The van der Waals surface area contributed by atoms with Crippen LogP contribution in [0.5, 0.6) is 0 Å². The van der Waals surface area contributed by atoms with Gasteiger partial charge in [0.05, 0.1) is 12.2 Å². The minimum atomic E-state index is -0.249. The summed E-state index contributed by atoms with van der Waals surface area (Å²) < 4.78 is 4.99. The fraction of sp³-hybridized carbons (Fsp3) is 0.375. The van der Waals surface area contributed by atoms with Crippen molar-refractivity contribution in [2.45, 2.75) is 19.9 Å². The molecular formula is C16H21N5O2. The molecule has 0 aliphatic carbocycles. The number of anilines is 1. The number of amides is 1. The number of ether oxygens (including phenoxy) is 1. The van der Waals surface area contributed by atoms with E-state index in [1.165, 1.54) is 0 Å². The summed E-state index contributed by atoms with van der Waals surface area (Å²) in [5, 5.41) is 5.90. The summed E-state index contributed by atoms with van der Waals surface area (Å²) in [5.41, 5.74) is 1.87. The topological polar surface area (TPSA) is 89.0 Å². The van der Waals surface area contributed by atoms with Crippen LogP contribution in [0, 0.1) is 6.92 Å². The minimum Gasteiger partial charge on any atom is -0.385 e. The number of aromatic nitrogens is 3. The van der Waals surface area contributed by atoms with Crippen molar-refractivity contribution in [2.24, 2.45) is 0 Å². The molecular weight excluding hydrogens is 294 g/mol. The fourth-order valence-electron chi connectivity index (χ4n) is 1.94. The van der Waals surface area contributed by atoms with E-state index in [9.17, 15) is 4.79 Å². The predicted octanol–water partition coefficient (Wildman–Crippen LogP) is 1.56. The van der Waals surface area contributed by atoms with Crippen LogP contribution in [0.25, 0.3) is 0 Å². The Balaban J connectivity index is 1.95. The molecule has 0 radical (unpaired) electrons. The molecule has 2 rings (SSSR count). The van der Waals surface area contributed by atoms with Crippen molar-refractivity contribution in [1.29, 1.82) is 0 Å². The van der Waals surface area contributed by atoms with Crippen molar-refractivity contribution in [1.82, 2.24) is 20.3 Å². The first-order chi connectivity index (χ1) is 11.2. The number of nitrogens with one attached hydrogen (secondary N) is 2. The molecule has 2 N–H and O–H groups in total. The highest BCUT2D eigenvalue weighted by atomic mass is 16.5. The quantitative estimate of drug-likeness (QED) is 0.719. The SMILES string of the molecule is COCCCNc1nc(C)cc(C(=O)NCc2ccccn2)n1. The summed E-state index contributed by atoms with van der Waals surface area (Å²) >= 11 is 0. The van der Waals surface area contributed by atoms with Crippen molar-refractivity contribution in [2.75, 3.05) is 25.6 Å². The number of nitrogens with zero attached hydrogens (tertiary/aromatic N) is 3. The number of carbonyl (C=O) groups is 1. The van der Waals surface area contributed by atoms with Gasteiger partial charge in [-0.25, -0.2) is 9.97 Å². The fourth-order valence-corrected chi connectivity index (χ4v) is 1.94. The summed E-state index contributed by atoms with van der Waals surface area (Å²) in [4.78, 5) is 24.9. The van der Waals surface area contributed by atoms with Crippen molar-refractivity contribution in [3.8, 4) is 0 Å². The zero-order valence-corrected chi connectivity index (χ0v) is 13.4. The Hall–Kier alpha value is -2.54. The van der Waals surface area contributed by atoms with Crippen LogP contribution in [-0.2, 0) is 11.3 Å². The molecule has 0 spiro atoms. The summed E-state index contributed by atoms with van der Waals surface area (Å²) in [5.74, 6) is 0.199. The lowest BCUT2D eigenvalue weighted by molar-refractivity contribution is 0.0945. The maximum Gasteiger partial charge on any atom is 0.270 e. The van der Waals surface area contributed by atoms with E-state index in [1.54, 1.807) is 19.4 Å². The number of hydrogen-bond donors (Lipinski definition) is 2. The van der Waals surface area contributed by atoms with Gasteiger partial charge in [-0.3, -0.25) is 9.78 Å². The van der Waals surface area contributed by atoms with Gasteiger partial charge in [-0.05, 0) is 31.5 Å². The smallest absolute Gasteiger partial charge is 0.270 e. The molecule has 0 aromatic carbocycles. The summed E-state index contributed by atoms with van der Waals surface area (Å²) in [6.07, 6.45) is 2.54. The first kappa shape index (κ1) is 16.8. The lowest BCUT2D eigenvalue weighted by Crippen LogP contribution is -2.25. The van der Waals surface area contributed by atoms with E-state index in [4.69, 9.17) is 4.74 Å². The molecule has 2 aromatic heterocycles. The van der Waals surface area contributed by atoms with Crippen LogP contribution in [0.2, 0.25) is 0 Å². The first-order valence-electron chi connectivity index (χ1n) is 7.45. The highest BCUT2D eigenvalue weighted by Crippen LogP contribution is 2.05. The average Bonchev–Trinajstić information content (AvgIpc) is 2.57. The lowest BCUT2D eigenvalue weighted by atomic mass is 10.3. The molecule has 0 aliphatic rings. The van der Waals surface area contributed by atoms with E-state index in [1.807, 2.05) is 25.1 Å². The molecule has 0 atom stereocenters. The molecule has 23 heavy (non-hydrogen) atoms. The minimum absolute atomic E-state index is 0.249. The molecule has 7 nitrogen and oxygen atoms in total. The van der Waals surface area contributed by atoms with Crippen LogP contribution in [0.1, 0.15) is 28.3 Å². The average molecular weight is 315 g/mol. The molecule has 2 heterocycles. The Bertz CT molecular complexity index is 634. The lowest BCUT2D eigenvalue weighted by Gasteiger charge is -2.08. The van der Waals surface area contributed by atoms with Gasteiger partial charge in [0, 0.05) is 32.2 Å². The van der Waals surface area contributed by atoms with E-state index in [0.717, 1.165) is 17.8 Å². The number of pyridine rings is 1. The molecule has 0 saturated heterocycles. The third kappa shape index (κ3) is 5.63. The van der Waals surface area contributed by atoms with Gasteiger partial charge < -0.3 is 15.4 Å². The van der Waals surface area contributed by atoms with Crippen molar-refractivity contribution in [3.63, 3.8) is 0 Å². The monoisotopic (exact) mass is 315 g/mol. The van der Waals surface area contributed by atoms with Gasteiger partial charge in [0.2, 0.25) is 5.95 Å². The van der Waals surface area contributed by atoms with E-state index in [2.05, 4.69) is 25.6 Å². The van der Waals surface area contributed by atoms with Gasteiger partial charge in [0.25, 0.3) is 5.91 Å². The van der Waals surface area contributed by atoms with E-state index in [-0.39, 0.29) is 5.91 Å². The first-order valence-corrected chi connectivity index (χ1v) is 7.45. The van der Waals surface area contributed by atoms with Crippen molar-refractivity contribution in [3.05, 3.63) is 47.5 Å². The molecule has 1 amide bonds. The third-order valence-electron chi connectivity index (χ3n) is 3.05. The van der Waals surface area contributed by atoms with Gasteiger partial charge in [-0.1, -0.05) is 6.07 Å². The molecule has 2 aromatic rings. The number of carbonyl (C=O) groups excluding carboxylic acids is 1. The van der Waals surface area contributed by atoms with Crippen LogP contribution < -0.4 is 10.6 Å². The Morgan fingerprint density at radius 1 is 1.30 bits per heavy atom. The second-order valence-electron chi connectivity index (χ2n) is 5.00. The Kier molecular flexibility index (Phi) is 6.43.